The predicted octanol–water partition coefficient (Wildman–Crippen LogP) is 5.31. The molecule has 1 aliphatic carbocycles. The molecule has 1 saturated carbocycles. The molecule has 2 aromatic carbocycles. The summed E-state index contributed by atoms with van der Waals surface area (Å²) in [6, 6.07) is 11.8. The van der Waals surface area contributed by atoms with E-state index in [1.54, 1.807) is 26.2 Å². The third kappa shape index (κ3) is 5.50. The van der Waals surface area contributed by atoms with E-state index in [0.29, 0.717) is 29.3 Å². The van der Waals surface area contributed by atoms with Gasteiger partial charge in [-0.05, 0) is 61.6 Å². The summed E-state index contributed by atoms with van der Waals surface area (Å²) in [4.78, 5) is 27.7. The number of hydrogen-bond acceptors (Lipinski definition) is 4. The van der Waals surface area contributed by atoms with Gasteiger partial charge >= 0.3 is 6.18 Å². The molecular weight excluding hydrogens is 519 g/mol. The number of aliphatic hydroxyl groups is 1. The fraction of sp³-hybridized carbons (Fsp3) is 0.500. The van der Waals surface area contributed by atoms with Crippen molar-refractivity contribution in [2.75, 3.05) is 39.0 Å². The highest BCUT2D eigenvalue weighted by molar-refractivity contribution is 6.34. The molecule has 0 radical (unpaired) electrons. The highest BCUT2D eigenvalue weighted by Gasteiger charge is 2.63. The number of likely N-dealkylation sites (tertiary alicyclic amines) is 1. The standard InChI is InChI=1S/C28H33ClF3N3O3/c1-34(2)24(36)22-11-10-21(17-23(22)29)33-14-6-9-20-18-26(20)12-15-35(16-13-26)25(37)27(38,28(30,31)32)19-7-4-3-5-8-19/h3-5,7-8,10-11,17,20,33,38H,6,9,12-16,18H2,1-2H3/t20-,27?/m1/s1. The Balaban J connectivity index is 1.26. The Kier molecular flexibility index (Phi) is 8.00. The Bertz CT molecular complexity index is 1170. The van der Waals surface area contributed by atoms with Gasteiger partial charge in [-0.25, -0.2) is 0 Å². The van der Waals surface area contributed by atoms with Gasteiger partial charge in [-0.15, -0.1) is 0 Å². The van der Waals surface area contributed by atoms with Crippen molar-refractivity contribution in [1.82, 2.24) is 9.80 Å². The minimum absolute atomic E-state index is 0.0668. The normalized spacial score (nSPS) is 20.1. The van der Waals surface area contributed by atoms with Gasteiger partial charge in [0.1, 0.15) is 0 Å². The van der Waals surface area contributed by atoms with E-state index in [0.717, 1.165) is 48.5 Å². The smallest absolute Gasteiger partial charge is 0.385 e. The van der Waals surface area contributed by atoms with Crippen molar-refractivity contribution in [3.8, 4) is 0 Å². The van der Waals surface area contributed by atoms with Crippen LogP contribution in [0.25, 0.3) is 0 Å². The summed E-state index contributed by atoms with van der Waals surface area (Å²) < 4.78 is 41.7. The first-order chi connectivity index (χ1) is 17.9. The number of rotatable bonds is 8. The van der Waals surface area contributed by atoms with Crippen LogP contribution < -0.4 is 5.32 Å². The molecule has 2 aliphatic rings. The van der Waals surface area contributed by atoms with Crippen molar-refractivity contribution in [1.29, 1.82) is 0 Å². The summed E-state index contributed by atoms with van der Waals surface area (Å²) in [7, 11) is 3.34. The van der Waals surface area contributed by atoms with Gasteiger partial charge in [0.15, 0.2) is 0 Å². The molecule has 2 N–H and O–H groups in total. The molecule has 38 heavy (non-hydrogen) atoms. The fourth-order valence-corrected chi connectivity index (χ4v) is 5.81. The zero-order chi connectivity index (χ0) is 27.7. The molecule has 2 amide bonds. The summed E-state index contributed by atoms with van der Waals surface area (Å²) in [5.74, 6) is -0.984. The molecule has 1 unspecified atom stereocenters. The van der Waals surface area contributed by atoms with Gasteiger partial charge in [0.2, 0.25) is 0 Å². The number of amides is 2. The van der Waals surface area contributed by atoms with Crippen LogP contribution in [-0.4, -0.2) is 66.6 Å². The maximum atomic E-state index is 13.9. The molecule has 0 aromatic heterocycles. The van der Waals surface area contributed by atoms with Gasteiger partial charge in [-0.3, -0.25) is 9.59 Å². The number of benzene rings is 2. The van der Waals surface area contributed by atoms with E-state index in [1.165, 1.54) is 23.1 Å². The highest BCUT2D eigenvalue weighted by atomic mass is 35.5. The first kappa shape index (κ1) is 28.2. The van der Waals surface area contributed by atoms with E-state index in [9.17, 15) is 27.9 Å². The van der Waals surface area contributed by atoms with Crippen LogP contribution >= 0.6 is 11.6 Å². The molecule has 1 heterocycles. The van der Waals surface area contributed by atoms with E-state index >= 15 is 0 Å². The van der Waals surface area contributed by atoms with Gasteiger partial charge in [0.25, 0.3) is 17.4 Å². The zero-order valence-corrected chi connectivity index (χ0v) is 22.3. The number of nitrogens with one attached hydrogen (secondary N) is 1. The molecule has 1 saturated heterocycles. The maximum Gasteiger partial charge on any atom is 0.430 e. The molecule has 206 valence electrons. The van der Waals surface area contributed by atoms with Crippen molar-refractivity contribution in [3.05, 3.63) is 64.7 Å². The van der Waals surface area contributed by atoms with Gasteiger partial charge < -0.3 is 20.2 Å². The Morgan fingerprint density at radius 3 is 2.37 bits per heavy atom. The van der Waals surface area contributed by atoms with Crippen molar-refractivity contribution in [2.45, 2.75) is 43.9 Å². The average molecular weight is 552 g/mol. The summed E-state index contributed by atoms with van der Waals surface area (Å²) in [6.45, 7) is 1.13. The summed E-state index contributed by atoms with van der Waals surface area (Å²) >= 11 is 6.27. The molecular formula is C28H33ClF3N3O3. The molecule has 6 nitrogen and oxygen atoms in total. The number of piperidine rings is 1. The number of alkyl halides is 3. The number of anilines is 1. The molecule has 0 bridgehead atoms. The van der Waals surface area contributed by atoms with E-state index in [1.807, 2.05) is 6.07 Å². The monoisotopic (exact) mass is 551 g/mol. The third-order valence-corrected chi connectivity index (χ3v) is 8.29. The van der Waals surface area contributed by atoms with E-state index in [4.69, 9.17) is 11.6 Å². The summed E-state index contributed by atoms with van der Waals surface area (Å²) in [5.41, 5.74) is -2.66. The lowest BCUT2D eigenvalue weighted by Crippen LogP contribution is -2.57. The average Bonchev–Trinajstić information content (AvgIpc) is 3.56. The number of nitrogens with zero attached hydrogens (tertiary/aromatic N) is 2. The summed E-state index contributed by atoms with van der Waals surface area (Å²) in [6.07, 6.45) is -0.963. The lowest BCUT2D eigenvalue weighted by molar-refractivity contribution is -0.262. The molecule has 4 rings (SSSR count). The van der Waals surface area contributed by atoms with Crippen LogP contribution in [0.2, 0.25) is 5.02 Å². The minimum Gasteiger partial charge on any atom is -0.385 e. The Morgan fingerprint density at radius 1 is 1.13 bits per heavy atom. The van der Waals surface area contributed by atoms with Gasteiger partial charge in [-0.2, -0.15) is 13.2 Å². The quantitative estimate of drug-likeness (QED) is 0.436. The van der Waals surface area contributed by atoms with Gasteiger partial charge in [0, 0.05) is 45.0 Å². The van der Waals surface area contributed by atoms with Crippen molar-refractivity contribution in [2.24, 2.45) is 11.3 Å². The molecule has 1 spiro atoms. The molecule has 2 aromatic rings. The number of hydrogen-bond donors (Lipinski definition) is 2. The van der Waals surface area contributed by atoms with Crippen molar-refractivity contribution < 1.29 is 27.9 Å². The van der Waals surface area contributed by atoms with Gasteiger partial charge in [-0.1, -0.05) is 41.9 Å². The van der Waals surface area contributed by atoms with Crippen LogP contribution in [0.1, 0.15) is 48.0 Å². The fourth-order valence-electron chi connectivity index (χ4n) is 5.54. The minimum atomic E-state index is -5.12. The number of carbonyl (C=O) groups excluding carboxylic acids is 2. The van der Waals surface area contributed by atoms with Crippen LogP contribution in [0.5, 0.6) is 0 Å². The van der Waals surface area contributed by atoms with Crippen LogP contribution in [-0.2, 0) is 10.4 Å². The van der Waals surface area contributed by atoms with Crippen LogP contribution in [0.4, 0.5) is 18.9 Å². The topological polar surface area (TPSA) is 72.9 Å². The number of halogens is 4. The Labute approximate surface area is 225 Å². The SMILES string of the molecule is CN(C)C(=O)c1ccc(NCCC[C@@H]2CC23CCN(C(=O)C(O)(c2ccccc2)C(F)(F)F)CC3)cc1Cl. The van der Waals surface area contributed by atoms with Crippen LogP contribution in [0, 0.1) is 11.3 Å². The first-order valence-electron chi connectivity index (χ1n) is 12.8. The zero-order valence-electron chi connectivity index (χ0n) is 21.5. The molecule has 1 aliphatic heterocycles. The summed E-state index contributed by atoms with van der Waals surface area (Å²) in [5, 5.41) is 14.3. The molecule has 2 fully saturated rings. The van der Waals surface area contributed by atoms with Crippen molar-refractivity contribution in [3.63, 3.8) is 0 Å². The maximum absolute atomic E-state index is 13.9. The van der Waals surface area contributed by atoms with E-state index < -0.39 is 23.2 Å². The second kappa shape index (κ2) is 10.8. The largest absolute Gasteiger partial charge is 0.430 e. The van der Waals surface area contributed by atoms with Crippen LogP contribution in [0.15, 0.2) is 48.5 Å². The van der Waals surface area contributed by atoms with Crippen LogP contribution in [0.3, 0.4) is 0 Å². The lowest BCUT2D eigenvalue weighted by atomic mass is 9.86. The predicted molar refractivity (Wildman–Crippen MR) is 140 cm³/mol. The highest BCUT2D eigenvalue weighted by Crippen LogP contribution is 2.61. The first-order valence-corrected chi connectivity index (χ1v) is 13.2. The number of carbonyl (C=O) groups is 2. The molecule has 2 atom stereocenters. The van der Waals surface area contributed by atoms with E-state index in [2.05, 4.69) is 5.32 Å². The molecule has 10 heteroatoms. The second-order valence-electron chi connectivity index (χ2n) is 10.6. The second-order valence-corrected chi connectivity index (χ2v) is 11.0. The van der Waals surface area contributed by atoms with Gasteiger partial charge in [0.05, 0.1) is 10.6 Å². The lowest BCUT2D eigenvalue weighted by Gasteiger charge is -2.39. The van der Waals surface area contributed by atoms with Crippen molar-refractivity contribution >= 4 is 29.1 Å². The third-order valence-electron chi connectivity index (χ3n) is 7.98. The Morgan fingerprint density at radius 2 is 1.79 bits per heavy atom. The van der Waals surface area contributed by atoms with E-state index in [-0.39, 0.29) is 24.4 Å². The Hall–Kier alpha value is -2.78.